The summed E-state index contributed by atoms with van der Waals surface area (Å²) in [6.07, 6.45) is 2.84. The van der Waals surface area contributed by atoms with E-state index in [1.165, 1.54) is 18.2 Å². The standard InChI is InChI=1S/C12H16Cl2N2O3S/c1-20(18,19)16-9-5-6-10(14)11(8-9)15-12(17)4-2-3-7-13/h5-6,8,16H,2-4,7H2,1H3,(H,15,17). The molecule has 8 heteroatoms. The number of halogens is 2. The zero-order valence-corrected chi connectivity index (χ0v) is 13.3. The largest absolute Gasteiger partial charge is 0.325 e. The summed E-state index contributed by atoms with van der Waals surface area (Å²) in [7, 11) is -3.37. The summed E-state index contributed by atoms with van der Waals surface area (Å²) < 4.78 is 24.6. The van der Waals surface area contributed by atoms with Crippen molar-refractivity contribution < 1.29 is 13.2 Å². The van der Waals surface area contributed by atoms with E-state index in [0.717, 1.165) is 12.7 Å². The van der Waals surface area contributed by atoms with Gasteiger partial charge in [0.25, 0.3) is 0 Å². The van der Waals surface area contributed by atoms with Crippen LogP contribution in [-0.2, 0) is 14.8 Å². The quantitative estimate of drug-likeness (QED) is 0.592. The molecule has 0 aliphatic carbocycles. The Morgan fingerprint density at radius 2 is 2.00 bits per heavy atom. The van der Waals surface area contributed by atoms with Gasteiger partial charge < -0.3 is 5.32 Å². The number of nitrogens with one attached hydrogen (secondary N) is 2. The van der Waals surface area contributed by atoms with Gasteiger partial charge in [-0.15, -0.1) is 11.6 Å². The fraction of sp³-hybridized carbons (Fsp3) is 0.417. The molecule has 5 nitrogen and oxygen atoms in total. The van der Waals surface area contributed by atoms with Gasteiger partial charge in [-0.1, -0.05) is 11.6 Å². The van der Waals surface area contributed by atoms with Crippen LogP contribution >= 0.6 is 23.2 Å². The van der Waals surface area contributed by atoms with Crippen LogP contribution in [0.5, 0.6) is 0 Å². The first-order valence-corrected chi connectivity index (χ1v) is 8.75. The molecule has 0 saturated heterocycles. The van der Waals surface area contributed by atoms with Crippen molar-refractivity contribution >= 4 is 50.5 Å². The number of hydrogen-bond donors (Lipinski definition) is 2. The first-order chi connectivity index (χ1) is 9.31. The van der Waals surface area contributed by atoms with E-state index in [1.807, 2.05) is 0 Å². The molecule has 0 aliphatic rings. The highest BCUT2D eigenvalue weighted by molar-refractivity contribution is 7.92. The van der Waals surface area contributed by atoms with Crippen molar-refractivity contribution in [3.63, 3.8) is 0 Å². The molecule has 1 aromatic carbocycles. The van der Waals surface area contributed by atoms with Crippen LogP contribution in [0.2, 0.25) is 5.02 Å². The lowest BCUT2D eigenvalue weighted by atomic mass is 10.2. The van der Waals surface area contributed by atoms with Crippen LogP contribution in [0, 0.1) is 0 Å². The predicted octanol–water partition coefficient (Wildman–Crippen LogP) is 3.06. The van der Waals surface area contributed by atoms with Crippen LogP contribution < -0.4 is 10.0 Å². The average molecular weight is 339 g/mol. The third-order valence-electron chi connectivity index (χ3n) is 2.33. The van der Waals surface area contributed by atoms with Gasteiger partial charge in [0.05, 0.1) is 22.7 Å². The second-order valence-electron chi connectivity index (χ2n) is 4.26. The number of amides is 1. The number of alkyl halides is 1. The smallest absolute Gasteiger partial charge is 0.229 e. The second-order valence-corrected chi connectivity index (χ2v) is 6.80. The Kier molecular flexibility index (Phi) is 6.58. The van der Waals surface area contributed by atoms with Crippen molar-refractivity contribution in [2.75, 3.05) is 22.2 Å². The van der Waals surface area contributed by atoms with Gasteiger partial charge >= 0.3 is 0 Å². The Hall–Kier alpha value is -0.980. The van der Waals surface area contributed by atoms with Gasteiger partial charge in [0, 0.05) is 12.3 Å². The zero-order chi connectivity index (χ0) is 15.2. The zero-order valence-electron chi connectivity index (χ0n) is 10.9. The van der Waals surface area contributed by atoms with Gasteiger partial charge in [0.15, 0.2) is 0 Å². The molecule has 0 radical (unpaired) electrons. The van der Waals surface area contributed by atoms with E-state index < -0.39 is 10.0 Å². The number of benzene rings is 1. The highest BCUT2D eigenvalue weighted by Gasteiger charge is 2.09. The third-order valence-corrected chi connectivity index (χ3v) is 3.53. The summed E-state index contributed by atoms with van der Waals surface area (Å²) >= 11 is 11.5. The van der Waals surface area contributed by atoms with Crippen LogP contribution in [0.4, 0.5) is 11.4 Å². The molecule has 20 heavy (non-hydrogen) atoms. The molecule has 0 atom stereocenters. The maximum atomic E-state index is 11.7. The molecule has 112 valence electrons. The molecule has 0 bridgehead atoms. The van der Waals surface area contributed by atoms with Crippen LogP contribution in [0.3, 0.4) is 0 Å². The number of carbonyl (C=O) groups is 1. The van der Waals surface area contributed by atoms with Gasteiger partial charge in [-0.3, -0.25) is 9.52 Å². The predicted molar refractivity (Wildman–Crippen MR) is 83.1 cm³/mol. The minimum atomic E-state index is -3.37. The topological polar surface area (TPSA) is 75.3 Å². The molecule has 0 saturated carbocycles. The number of sulfonamides is 1. The number of rotatable bonds is 7. The van der Waals surface area contributed by atoms with Crippen LogP contribution in [0.25, 0.3) is 0 Å². The van der Waals surface area contributed by atoms with E-state index in [2.05, 4.69) is 10.0 Å². The number of unbranched alkanes of at least 4 members (excludes halogenated alkanes) is 1. The van der Waals surface area contributed by atoms with Gasteiger partial charge in [-0.05, 0) is 31.0 Å². The first-order valence-electron chi connectivity index (χ1n) is 5.95. The summed E-state index contributed by atoms with van der Waals surface area (Å²) in [5, 5.41) is 2.99. The van der Waals surface area contributed by atoms with E-state index in [1.54, 1.807) is 0 Å². The van der Waals surface area contributed by atoms with Crippen molar-refractivity contribution in [1.82, 2.24) is 0 Å². The summed E-state index contributed by atoms with van der Waals surface area (Å²) in [5.74, 6) is 0.329. The Labute approximate surface area is 128 Å². The van der Waals surface area contributed by atoms with Crippen LogP contribution in [0.1, 0.15) is 19.3 Å². The summed E-state index contributed by atoms with van der Waals surface area (Å²) in [5.41, 5.74) is 0.712. The Morgan fingerprint density at radius 3 is 2.60 bits per heavy atom. The molecule has 2 N–H and O–H groups in total. The Bertz CT molecular complexity index is 576. The molecular formula is C12H16Cl2N2O3S. The average Bonchev–Trinajstić information content (AvgIpc) is 2.32. The van der Waals surface area contributed by atoms with E-state index in [0.29, 0.717) is 35.1 Å². The Morgan fingerprint density at radius 1 is 1.30 bits per heavy atom. The van der Waals surface area contributed by atoms with E-state index in [4.69, 9.17) is 23.2 Å². The Balaban J connectivity index is 2.74. The fourth-order valence-corrected chi connectivity index (χ4v) is 2.40. The summed E-state index contributed by atoms with van der Waals surface area (Å²) in [6.45, 7) is 0. The van der Waals surface area contributed by atoms with Gasteiger partial charge in [-0.2, -0.15) is 0 Å². The number of hydrogen-bond acceptors (Lipinski definition) is 3. The third kappa shape index (κ3) is 6.45. The lowest BCUT2D eigenvalue weighted by Crippen LogP contribution is -2.13. The van der Waals surface area contributed by atoms with Gasteiger partial charge in [0.2, 0.25) is 15.9 Å². The first kappa shape index (κ1) is 17.1. The van der Waals surface area contributed by atoms with Crippen molar-refractivity contribution in [2.24, 2.45) is 0 Å². The maximum Gasteiger partial charge on any atom is 0.229 e. The number of anilines is 2. The minimum Gasteiger partial charge on any atom is -0.325 e. The monoisotopic (exact) mass is 338 g/mol. The van der Waals surface area contributed by atoms with E-state index in [-0.39, 0.29) is 5.91 Å². The minimum absolute atomic E-state index is 0.187. The van der Waals surface area contributed by atoms with Crippen LogP contribution in [-0.4, -0.2) is 26.5 Å². The molecule has 1 aromatic rings. The molecule has 1 amide bonds. The molecular weight excluding hydrogens is 323 g/mol. The van der Waals surface area contributed by atoms with Gasteiger partial charge in [-0.25, -0.2) is 8.42 Å². The molecule has 0 spiro atoms. The lowest BCUT2D eigenvalue weighted by Gasteiger charge is -2.10. The SMILES string of the molecule is CS(=O)(=O)Nc1ccc(Cl)c(NC(=O)CCCCCl)c1. The van der Waals surface area contributed by atoms with Gasteiger partial charge in [0.1, 0.15) is 0 Å². The molecule has 0 aliphatic heterocycles. The molecule has 0 aromatic heterocycles. The highest BCUT2D eigenvalue weighted by Crippen LogP contribution is 2.26. The second kappa shape index (κ2) is 7.71. The molecule has 0 unspecified atom stereocenters. The van der Waals surface area contributed by atoms with E-state index >= 15 is 0 Å². The normalized spacial score (nSPS) is 11.2. The molecule has 1 rings (SSSR count). The maximum absolute atomic E-state index is 11.7. The van der Waals surface area contributed by atoms with Crippen molar-refractivity contribution in [1.29, 1.82) is 0 Å². The van der Waals surface area contributed by atoms with Crippen LogP contribution in [0.15, 0.2) is 18.2 Å². The highest BCUT2D eigenvalue weighted by atomic mass is 35.5. The number of carbonyl (C=O) groups excluding carboxylic acids is 1. The summed E-state index contributed by atoms with van der Waals surface area (Å²) in [4.78, 5) is 11.7. The molecule has 0 heterocycles. The van der Waals surface area contributed by atoms with E-state index in [9.17, 15) is 13.2 Å². The van der Waals surface area contributed by atoms with Crippen molar-refractivity contribution in [3.8, 4) is 0 Å². The summed E-state index contributed by atoms with van der Waals surface area (Å²) in [6, 6.07) is 4.51. The molecule has 0 fully saturated rings. The fourth-order valence-electron chi connectivity index (χ4n) is 1.49. The van der Waals surface area contributed by atoms with Crippen molar-refractivity contribution in [3.05, 3.63) is 23.2 Å². The van der Waals surface area contributed by atoms with Crippen molar-refractivity contribution in [2.45, 2.75) is 19.3 Å². The lowest BCUT2D eigenvalue weighted by molar-refractivity contribution is -0.116.